The number of hydrogen-bond donors (Lipinski definition) is 1. The molecule has 0 aliphatic carbocycles. The fraction of sp³-hybridized carbons (Fsp3) is 0.316. The van der Waals surface area contributed by atoms with Crippen molar-refractivity contribution in [2.75, 3.05) is 5.32 Å². The van der Waals surface area contributed by atoms with E-state index in [9.17, 15) is 4.79 Å². The smallest absolute Gasteiger partial charge is 0.238 e. The Balaban J connectivity index is 1.77. The van der Waals surface area contributed by atoms with E-state index in [2.05, 4.69) is 44.3 Å². The van der Waals surface area contributed by atoms with Crippen molar-refractivity contribution >= 4 is 23.4 Å². The van der Waals surface area contributed by atoms with Crippen LogP contribution in [0, 0.1) is 0 Å². The molecule has 1 unspecified atom stereocenters. The zero-order valence-electron chi connectivity index (χ0n) is 13.2. The van der Waals surface area contributed by atoms with Gasteiger partial charge in [0.1, 0.15) is 0 Å². The second-order valence-corrected chi connectivity index (χ2v) is 7.95. The Morgan fingerprint density at radius 3 is 2.50 bits per heavy atom. The van der Waals surface area contributed by atoms with Crippen molar-refractivity contribution < 1.29 is 4.79 Å². The summed E-state index contributed by atoms with van der Waals surface area (Å²) < 4.78 is 0. The van der Waals surface area contributed by atoms with Crippen LogP contribution in [0.25, 0.3) is 0 Å². The standard InChI is InChI=1S/C19H21NOS/c1-19(2,3)14-9-5-6-10-15(14)20-18(21)17-12-13-8-4-7-11-16(13)22-17/h4-11,17H,12H2,1-3H3,(H,20,21). The first-order chi connectivity index (χ1) is 10.4. The summed E-state index contributed by atoms with van der Waals surface area (Å²) in [5.41, 5.74) is 3.38. The second kappa shape index (κ2) is 5.81. The molecule has 1 aliphatic rings. The lowest BCUT2D eigenvalue weighted by atomic mass is 9.86. The molecular weight excluding hydrogens is 290 g/mol. The van der Waals surface area contributed by atoms with E-state index in [0.29, 0.717) is 0 Å². The Morgan fingerprint density at radius 1 is 1.09 bits per heavy atom. The molecule has 2 aromatic carbocycles. The minimum absolute atomic E-state index is 0.00958. The molecule has 2 aromatic rings. The summed E-state index contributed by atoms with van der Waals surface area (Å²) in [4.78, 5) is 13.9. The van der Waals surface area contributed by atoms with Crippen LogP contribution in [0.1, 0.15) is 31.9 Å². The molecule has 0 fully saturated rings. The third kappa shape index (κ3) is 3.05. The summed E-state index contributed by atoms with van der Waals surface area (Å²) in [7, 11) is 0. The largest absolute Gasteiger partial charge is 0.325 e. The third-order valence-electron chi connectivity index (χ3n) is 3.93. The molecular formula is C19H21NOS. The van der Waals surface area contributed by atoms with E-state index in [1.54, 1.807) is 11.8 Å². The summed E-state index contributed by atoms with van der Waals surface area (Å²) in [6.07, 6.45) is 0.810. The monoisotopic (exact) mass is 311 g/mol. The first-order valence-corrected chi connectivity index (χ1v) is 8.48. The Labute approximate surface area is 136 Å². The van der Waals surface area contributed by atoms with Crippen molar-refractivity contribution in [2.45, 2.75) is 42.8 Å². The van der Waals surface area contributed by atoms with Crippen LogP contribution in [0.3, 0.4) is 0 Å². The molecule has 0 aromatic heterocycles. The van der Waals surface area contributed by atoms with E-state index in [4.69, 9.17) is 0 Å². The molecule has 0 spiro atoms. The molecule has 0 saturated heterocycles. The van der Waals surface area contributed by atoms with E-state index in [-0.39, 0.29) is 16.6 Å². The summed E-state index contributed by atoms with van der Waals surface area (Å²) in [5.74, 6) is 0.0953. The van der Waals surface area contributed by atoms with Gasteiger partial charge in [0.2, 0.25) is 5.91 Å². The summed E-state index contributed by atoms with van der Waals surface area (Å²) in [6.45, 7) is 6.49. The van der Waals surface area contributed by atoms with Crippen LogP contribution < -0.4 is 5.32 Å². The maximum absolute atomic E-state index is 12.6. The Morgan fingerprint density at radius 2 is 1.77 bits per heavy atom. The molecule has 22 heavy (non-hydrogen) atoms. The highest BCUT2D eigenvalue weighted by atomic mass is 32.2. The number of fused-ring (bicyclic) bond motifs is 1. The van der Waals surface area contributed by atoms with Crippen LogP contribution in [0.2, 0.25) is 0 Å². The average molecular weight is 311 g/mol. The zero-order chi connectivity index (χ0) is 15.7. The van der Waals surface area contributed by atoms with Crippen LogP contribution in [-0.4, -0.2) is 11.2 Å². The Hall–Kier alpha value is -1.74. The second-order valence-electron chi connectivity index (χ2n) is 6.70. The summed E-state index contributed by atoms with van der Waals surface area (Å²) in [5, 5.41) is 3.10. The molecule has 1 aliphatic heterocycles. The molecule has 3 heteroatoms. The van der Waals surface area contributed by atoms with Gasteiger partial charge in [-0.1, -0.05) is 57.2 Å². The maximum atomic E-state index is 12.6. The van der Waals surface area contributed by atoms with E-state index >= 15 is 0 Å². The number of hydrogen-bond acceptors (Lipinski definition) is 2. The first kappa shape index (κ1) is 15.2. The number of amides is 1. The fourth-order valence-corrected chi connectivity index (χ4v) is 3.98. The fourth-order valence-electron chi connectivity index (χ4n) is 2.79. The Bertz CT molecular complexity index is 678. The minimum Gasteiger partial charge on any atom is -0.325 e. The molecule has 1 N–H and O–H groups in total. The van der Waals surface area contributed by atoms with Gasteiger partial charge in [-0.2, -0.15) is 0 Å². The summed E-state index contributed by atoms with van der Waals surface area (Å²) in [6, 6.07) is 16.3. The highest BCUT2D eigenvalue weighted by Gasteiger charge is 2.29. The number of carbonyl (C=O) groups is 1. The highest BCUT2D eigenvalue weighted by molar-refractivity contribution is 8.01. The van der Waals surface area contributed by atoms with E-state index in [1.165, 1.54) is 16.0 Å². The predicted molar refractivity (Wildman–Crippen MR) is 93.6 cm³/mol. The van der Waals surface area contributed by atoms with Crippen molar-refractivity contribution in [2.24, 2.45) is 0 Å². The molecule has 0 bridgehead atoms. The average Bonchev–Trinajstić information content (AvgIpc) is 2.90. The molecule has 1 amide bonds. The maximum Gasteiger partial charge on any atom is 0.238 e. The van der Waals surface area contributed by atoms with Crippen LogP contribution in [0.5, 0.6) is 0 Å². The van der Waals surface area contributed by atoms with Gasteiger partial charge in [-0.05, 0) is 35.1 Å². The molecule has 1 heterocycles. The highest BCUT2D eigenvalue weighted by Crippen LogP contribution is 2.38. The SMILES string of the molecule is CC(C)(C)c1ccccc1NC(=O)C1Cc2ccccc2S1. The molecule has 1 atom stereocenters. The van der Waals surface area contributed by atoms with E-state index in [1.807, 2.05) is 30.3 Å². The van der Waals surface area contributed by atoms with Crippen molar-refractivity contribution in [3.8, 4) is 0 Å². The van der Waals surface area contributed by atoms with Crippen molar-refractivity contribution in [3.05, 3.63) is 59.7 Å². The minimum atomic E-state index is -0.0366. The number of carbonyl (C=O) groups excluding carboxylic acids is 1. The number of para-hydroxylation sites is 1. The van der Waals surface area contributed by atoms with Crippen LogP contribution in [0.4, 0.5) is 5.69 Å². The zero-order valence-corrected chi connectivity index (χ0v) is 14.0. The van der Waals surface area contributed by atoms with E-state index in [0.717, 1.165) is 12.1 Å². The number of rotatable bonds is 2. The summed E-state index contributed by atoms with van der Waals surface area (Å²) >= 11 is 1.66. The van der Waals surface area contributed by atoms with Gasteiger partial charge in [0.05, 0.1) is 5.25 Å². The quantitative estimate of drug-likeness (QED) is 0.875. The Kier molecular flexibility index (Phi) is 4.00. The molecule has 2 nitrogen and oxygen atoms in total. The number of thioether (sulfide) groups is 1. The topological polar surface area (TPSA) is 29.1 Å². The van der Waals surface area contributed by atoms with Gasteiger partial charge in [0.25, 0.3) is 0 Å². The van der Waals surface area contributed by atoms with Gasteiger partial charge in [-0.25, -0.2) is 0 Å². The number of benzene rings is 2. The van der Waals surface area contributed by atoms with Crippen LogP contribution in [0.15, 0.2) is 53.4 Å². The number of anilines is 1. The van der Waals surface area contributed by atoms with E-state index < -0.39 is 0 Å². The lowest BCUT2D eigenvalue weighted by Gasteiger charge is -2.23. The van der Waals surface area contributed by atoms with Gasteiger partial charge in [0.15, 0.2) is 0 Å². The van der Waals surface area contributed by atoms with Crippen molar-refractivity contribution in [1.82, 2.24) is 0 Å². The molecule has 114 valence electrons. The number of nitrogens with one attached hydrogen (secondary N) is 1. The third-order valence-corrected chi connectivity index (χ3v) is 5.25. The van der Waals surface area contributed by atoms with Gasteiger partial charge in [0, 0.05) is 10.6 Å². The lowest BCUT2D eigenvalue weighted by Crippen LogP contribution is -2.26. The molecule has 0 radical (unpaired) electrons. The molecule has 3 rings (SSSR count). The lowest BCUT2D eigenvalue weighted by molar-refractivity contribution is -0.115. The van der Waals surface area contributed by atoms with Gasteiger partial charge in [-0.15, -0.1) is 11.8 Å². The van der Waals surface area contributed by atoms with Gasteiger partial charge in [-0.3, -0.25) is 4.79 Å². The van der Waals surface area contributed by atoms with Gasteiger partial charge >= 0.3 is 0 Å². The van der Waals surface area contributed by atoms with Gasteiger partial charge < -0.3 is 5.32 Å². The predicted octanol–water partition coefficient (Wildman–Crippen LogP) is 4.64. The normalized spacial score (nSPS) is 17.1. The van der Waals surface area contributed by atoms with Crippen LogP contribution in [-0.2, 0) is 16.6 Å². The molecule has 0 saturated carbocycles. The van der Waals surface area contributed by atoms with Crippen molar-refractivity contribution in [1.29, 1.82) is 0 Å². The van der Waals surface area contributed by atoms with Crippen molar-refractivity contribution in [3.63, 3.8) is 0 Å². The van der Waals surface area contributed by atoms with Crippen LogP contribution >= 0.6 is 11.8 Å². The first-order valence-electron chi connectivity index (χ1n) is 7.60.